The van der Waals surface area contributed by atoms with Gasteiger partial charge in [-0.25, -0.2) is 4.98 Å². The molecule has 1 amide bonds. The van der Waals surface area contributed by atoms with Gasteiger partial charge in [0.25, 0.3) is 0 Å². The molecule has 25 heavy (non-hydrogen) atoms. The Hall–Kier alpha value is -3.22. The molecule has 7 heteroatoms. The van der Waals surface area contributed by atoms with Crippen LogP contribution in [0.15, 0.2) is 61.4 Å². The van der Waals surface area contributed by atoms with Gasteiger partial charge < -0.3 is 10.1 Å². The van der Waals surface area contributed by atoms with Gasteiger partial charge in [0.2, 0.25) is 5.91 Å². The third-order valence-electron chi connectivity index (χ3n) is 3.83. The van der Waals surface area contributed by atoms with Gasteiger partial charge in [0.15, 0.2) is 0 Å². The molecule has 0 spiro atoms. The van der Waals surface area contributed by atoms with Crippen LogP contribution in [-0.4, -0.2) is 32.8 Å². The molecule has 1 aromatic carbocycles. The smallest absolute Gasteiger partial charge is 0.222 e. The summed E-state index contributed by atoms with van der Waals surface area (Å²) in [7, 11) is 1.63. The minimum absolute atomic E-state index is 0.0619. The molecule has 0 aliphatic heterocycles. The number of ether oxygens (including phenoxy) is 1. The van der Waals surface area contributed by atoms with Crippen molar-refractivity contribution in [2.24, 2.45) is 0 Å². The molecule has 0 fully saturated rings. The first-order valence-corrected chi connectivity index (χ1v) is 7.92. The van der Waals surface area contributed by atoms with E-state index in [1.807, 2.05) is 36.4 Å². The Morgan fingerprint density at radius 1 is 1.12 bits per heavy atom. The summed E-state index contributed by atoms with van der Waals surface area (Å²) in [6.07, 6.45) is 6.80. The monoisotopic (exact) mass is 337 g/mol. The highest BCUT2D eigenvalue weighted by Crippen LogP contribution is 2.24. The number of carbonyl (C=O) groups is 1. The summed E-state index contributed by atoms with van der Waals surface area (Å²) in [5.74, 6) is 0.711. The molecule has 3 rings (SSSR count). The van der Waals surface area contributed by atoms with E-state index in [4.69, 9.17) is 4.74 Å². The van der Waals surface area contributed by atoms with Gasteiger partial charge in [-0.1, -0.05) is 12.1 Å². The summed E-state index contributed by atoms with van der Waals surface area (Å²) in [5, 5.41) is 7.09. The lowest BCUT2D eigenvalue weighted by molar-refractivity contribution is -0.121. The molecule has 1 N–H and O–H groups in total. The number of hydrogen-bond donors (Lipinski definition) is 1. The maximum absolute atomic E-state index is 12.4. The van der Waals surface area contributed by atoms with E-state index >= 15 is 0 Å². The van der Waals surface area contributed by atoms with Gasteiger partial charge in [-0.2, -0.15) is 5.10 Å². The van der Waals surface area contributed by atoms with Crippen LogP contribution in [0, 0.1) is 0 Å². The third kappa shape index (κ3) is 4.41. The van der Waals surface area contributed by atoms with Crippen LogP contribution in [-0.2, 0) is 11.3 Å². The maximum atomic E-state index is 12.4. The summed E-state index contributed by atoms with van der Waals surface area (Å²) in [5.41, 5.74) is 1.94. The van der Waals surface area contributed by atoms with Gasteiger partial charge in [-0.3, -0.25) is 14.5 Å². The Labute approximate surface area is 145 Å². The second-order valence-electron chi connectivity index (χ2n) is 5.46. The van der Waals surface area contributed by atoms with E-state index in [1.54, 1.807) is 30.5 Å². The van der Waals surface area contributed by atoms with Crippen LogP contribution in [0.1, 0.15) is 23.6 Å². The molecule has 0 saturated heterocycles. The van der Waals surface area contributed by atoms with Crippen molar-refractivity contribution in [1.82, 2.24) is 25.1 Å². The van der Waals surface area contributed by atoms with Crippen molar-refractivity contribution in [3.63, 3.8) is 0 Å². The summed E-state index contributed by atoms with van der Waals surface area (Å²) in [6.45, 7) is 0.484. The Bertz CT molecular complexity index is 788. The predicted molar refractivity (Wildman–Crippen MR) is 91.9 cm³/mol. The fourth-order valence-electron chi connectivity index (χ4n) is 2.51. The van der Waals surface area contributed by atoms with E-state index in [-0.39, 0.29) is 11.9 Å². The van der Waals surface area contributed by atoms with Gasteiger partial charge in [-0.05, 0) is 35.4 Å². The van der Waals surface area contributed by atoms with E-state index in [2.05, 4.69) is 20.4 Å². The zero-order valence-corrected chi connectivity index (χ0v) is 13.9. The number of aryl methyl sites for hydroxylation is 1. The van der Waals surface area contributed by atoms with E-state index in [0.717, 1.165) is 16.9 Å². The molecule has 128 valence electrons. The zero-order chi connectivity index (χ0) is 17.5. The molecule has 7 nitrogen and oxygen atoms in total. The molecule has 0 saturated carbocycles. The number of hydrogen-bond acceptors (Lipinski definition) is 5. The van der Waals surface area contributed by atoms with Crippen molar-refractivity contribution in [2.45, 2.75) is 19.0 Å². The number of nitrogens with one attached hydrogen (secondary N) is 1. The number of rotatable bonds is 7. The number of pyridine rings is 1. The van der Waals surface area contributed by atoms with E-state index in [0.29, 0.717) is 13.0 Å². The van der Waals surface area contributed by atoms with E-state index in [9.17, 15) is 4.79 Å². The topological polar surface area (TPSA) is 81.9 Å². The van der Waals surface area contributed by atoms with Gasteiger partial charge >= 0.3 is 0 Å². The summed E-state index contributed by atoms with van der Waals surface area (Å²) in [4.78, 5) is 20.3. The number of aromatic nitrogens is 4. The molecule has 2 heterocycles. The van der Waals surface area contributed by atoms with Crippen LogP contribution in [0.2, 0.25) is 0 Å². The summed E-state index contributed by atoms with van der Waals surface area (Å²) in [6, 6.07) is 11.2. The maximum Gasteiger partial charge on any atom is 0.222 e. The molecule has 0 aliphatic rings. The Kier molecular flexibility index (Phi) is 5.36. The van der Waals surface area contributed by atoms with Crippen molar-refractivity contribution in [3.8, 4) is 5.75 Å². The molecule has 3 aromatic rings. The first kappa shape index (κ1) is 16.6. The normalized spacial score (nSPS) is 11.7. The molecule has 0 aliphatic carbocycles. The van der Waals surface area contributed by atoms with Gasteiger partial charge in [-0.15, -0.1) is 0 Å². The Balaban J connectivity index is 1.75. The number of nitrogens with zero attached hydrogens (tertiary/aromatic N) is 4. The average Bonchev–Trinajstić information content (AvgIpc) is 3.19. The van der Waals surface area contributed by atoms with E-state index in [1.165, 1.54) is 6.33 Å². The van der Waals surface area contributed by atoms with Crippen LogP contribution in [0.3, 0.4) is 0 Å². The first-order valence-electron chi connectivity index (χ1n) is 7.92. The third-order valence-corrected chi connectivity index (χ3v) is 3.83. The highest BCUT2D eigenvalue weighted by Gasteiger charge is 2.17. The SMILES string of the molecule is COc1ccc(C(NC(=O)CCn2cncn2)c2ccncc2)cc1. The molecule has 2 aromatic heterocycles. The summed E-state index contributed by atoms with van der Waals surface area (Å²) < 4.78 is 6.84. The fourth-order valence-corrected chi connectivity index (χ4v) is 2.51. The van der Waals surface area contributed by atoms with Gasteiger partial charge in [0, 0.05) is 18.8 Å². The van der Waals surface area contributed by atoms with Crippen LogP contribution >= 0.6 is 0 Å². The second kappa shape index (κ2) is 8.05. The van der Waals surface area contributed by atoms with Crippen LogP contribution in [0.4, 0.5) is 0 Å². The second-order valence-corrected chi connectivity index (χ2v) is 5.46. The van der Waals surface area contributed by atoms with Crippen LogP contribution in [0.5, 0.6) is 5.75 Å². The molecular formula is C18H19N5O2. The predicted octanol–water partition coefficient (Wildman–Crippen LogP) is 1.98. The van der Waals surface area contributed by atoms with E-state index < -0.39 is 0 Å². The van der Waals surface area contributed by atoms with Crippen molar-refractivity contribution in [1.29, 1.82) is 0 Å². The fraction of sp³-hybridized carbons (Fsp3) is 0.222. The molecule has 1 atom stereocenters. The Morgan fingerprint density at radius 3 is 2.48 bits per heavy atom. The van der Waals surface area contributed by atoms with Crippen molar-refractivity contribution >= 4 is 5.91 Å². The summed E-state index contributed by atoms with van der Waals surface area (Å²) >= 11 is 0. The zero-order valence-electron chi connectivity index (χ0n) is 13.9. The van der Waals surface area contributed by atoms with Crippen molar-refractivity contribution < 1.29 is 9.53 Å². The highest BCUT2D eigenvalue weighted by atomic mass is 16.5. The van der Waals surface area contributed by atoms with Crippen molar-refractivity contribution in [3.05, 3.63) is 72.6 Å². The largest absolute Gasteiger partial charge is 0.497 e. The molecular weight excluding hydrogens is 318 g/mol. The molecule has 1 unspecified atom stereocenters. The number of methoxy groups -OCH3 is 1. The van der Waals surface area contributed by atoms with Gasteiger partial charge in [0.05, 0.1) is 19.7 Å². The highest BCUT2D eigenvalue weighted by molar-refractivity contribution is 5.76. The minimum atomic E-state index is -0.253. The average molecular weight is 337 g/mol. The minimum Gasteiger partial charge on any atom is -0.497 e. The van der Waals surface area contributed by atoms with Crippen molar-refractivity contribution in [2.75, 3.05) is 7.11 Å². The number of amides is 1. The first-order chi connectivity index (χ1) is 12.3. The lowest BCUT2D eigenvalue weighted by Crippen LogP contribution is -2.30. The molecule has 0 bridgehead atoms. The standard InChI is InChI=1S/C18H19N5O2/c1-25-16-4-2-14(3-5-16)18(15-6-9-19-10-7-15)22-17(24)8-11-23-13-20-12-21-23/h2-7,9-10,12-13,18H,8,11H2,1H3,(H,22,24). The lowest BCUT2D eigenvalue weighted by Gasteiger charge is -2.20. The van der Waals surface area contributed by atoms with Crippen LogP contribution < -0.4 is 10.1 Å². The lowest BCUT2D eigenvalue weighted by atomic mass is 9.99. The number of carbonyl (C=O) groups excluding carboxylic acids is 1. The molecule has 0 radical (unpaired) electrons. The van der Waals surface area contributed by atoms with Crippen LogP contribution in [0.25, 0.3) is 0 Å². The van der Waals surface area contributed by atoms with Gasteiger partial charge in [0.1, 0.15) is 18.4 Å². The number of benzene rings is 1. The Morgan fingerprint density at radius 2 is 1.84 bits per heavy atom. The quantitative estimate of drug-likeness (QED) is 0.713.